The molecule has 0 bridgehead atoms. The van der Waals surface area contributed by atoms with Crippen LogP contribution in [-0.2, 0) is 38.0 Å². The van der Waals surface area contributed by atoms with Gasteiger partial charge in [-0.1, -0.05) is 41.0 Å². The van der Waals surface area contributed by atoms with Crippen molar-refractivity contribution in [1.82, 2.24) is 4.90 Å². The highest BCUT2D eigenvalue weighted by Crippen LogP contribution is 2.44. The average molecular weight is 776 g/mol. The lowest BCUT2D eigenvalue weighted by Gasteiger charge is -2.50. The summed E-state index contributed by atoms with van der Waals surface area (Å²) in [5.74, 6) is -5.02. The Morgan fingerprint density at radius 1 is 0.870 bits per heavy atom. The van der Waals surface area contributed by atoms with Gasteiger partial charge in [0.05, 0.1) is 47.6 Å². The van der Waals surface area contributed by atoms with Gasteiger partial charge in [-0.15, -0.1) is 0 Å². The molecule has 3 saturated heterocycles. The van der Waals surface area contributed by atoms with Crippen molar-refractivity contribution in [3.63, 3.8) is 0 Å². The second kappa shape index (κ2) is 18.1. The molecule has 0 aromatic rings. The SMILES string of the molecule is CCCC1(CC)OC(=O)[C@H](C)[C@@H](O[C@H]2C[C@@](C)(OC)[C@@H](O)[C@H](C)O2)[C@H](C)[C@@H](O[C@@H]2O[C@H](C)C[C@H](N(C)C)[C@H]2O)[C@](C)(O)C[C@@H](C)C(=O)[C@H](C)[C@@H](O)[C@]1(C)O. The van der Waals surface area contributed by atoms with Gasteiger partial charge in [-0.05, 0) is 81.3 Å². The maximum atomic E-state index is 14.6. The summed E-state index contributed by atoms with van der Waals surface area (Å²) in [4.78, 5) is 30.5. The number of hydrogen-bond donors (Lipinski definition) is 5. The van der Waals surface area contributed by atoms with E-state index in [1.54, 1.807) is 41.5 Å². The van der Waals surface area contributed by atoms with E-state index in [9.17, 15) is 35.1 Å². The first-order valence-corrected chi connectivity index (χ1v) is 19.9. The van der Waals surface area contributed by atoms with E-state index in [0.717, 1.165) is 0 Å². The van der Waals surface area contributed by atoms with Crippen LogP contribution in [0.5, 0.6) is 0 Å². The summed E-state index contributed by atoms with van der Waals surface area (Å²) in [5.41, 5.74) is -6.50. The van der Waals surface area contributed by atoms with Gasteiger partial charge in [0, 0.05) is 37.3 Å². The van der Waals surface area contributed by atoms with E-state index in [4.69, 9.17) is 28.4 Å². The normalized spacial score (nSPS) is 49.0. The maximum absolute atomic E-state index is 14.6. The number of ketones is 1. The highest BCUT2D eigenvalue weighted by Gasteiger charge is 2.58. The third-order valence-corrected chi connectivity index (χ3v) is 13.0. The molecule has 0 amide bonds. The molecule has 316 valence electrons. The Morgan fingerprint density at radius 3 is 2.02 bits per heavy atom. The summed E-state index contributed by atoms with van der Waals surface area (Å²) in [6, 6.07) is -0.329. The molecule has 0 aromatic heterocycles. The molecule has 0 aliphatic carbocycles. The molecule has 3 rings (SSSR count). The molecule has 0 aromatic carbocycles. The molecular formula is C40H73NO13. The number of methoxy groups -OCH3 is 1. The van der Waals surface area contributed by atoms with Crippen molar-refractivity contribution in [2.45, 2.75) is 198 Å². The Morgan fingerprint density at radius 2 is 1.48 bits per heavy atom. The van der Waals surface area contributed by atoms with Crippen LogP contribution in [0.1, 0.15) is 115 Å². The Balaban J connectivity index is 2.26. The summed E-state index contributed by atoms with van der Waals surface area (Å²) in [7, 11) is 5.19. The van der Waals surface area contributed by atoms with Crippen molar-refractivity contribution in [1.29, 1.82) is 0 Å². The molecule has 14 nitrogen and oxygen atoms in total. The molecule has 3 aliphatic heterocycles. The smallest absolute Gasteiger partial charge is 0.311 e. The van der Waals surface area contributed by atoms with Crippen LogP contribution < -0.4 is 0 Å². The molecule has 0 radical (unpaired) electrons. The molecule has 0 saturated carbocycles. The Labute approximate surface area is 323 Å². The minimum atomic E-state index is -2.05. The number of esters is 1. The summed E-state index contributed by atoms with van der Waals surface area (Å²) in [5, 5.41) is 58.9. The summed E-state index contributed by atoms with van der Waals surface area (Å²) >= 11 is 0. The van der Waals surface area contributed by atoms with Gasteiger partial charge in [0.25, 0.3) is 0 Å². The number of aliphatic hydroxyl groups is 5. The summed E-state index contributed by atoms with van der Waals surface area (Å²) in [6.07, 6.45) is -7.93. The van der Waals surface area contributed by atoms with Crippen LogP contribution in [0.4, 0.5) is 0 Å². The number of likely N-dealkylation sites (N-methyl/N-ethyl adjacent to an activating group) is 1. The lowest BCUT2D eigenvalue weighted by molar-refractivity contribution is -0.318. The largest absolute Gasteiger partial charge is 0.456 e. The Hall–Kier alpha value is -1.30. The van der Waals surface area contributed by atoms with Crippen LogP contribution in [0.15, 0.2) is 0 Å². The molecule has 1 unspecified atom stereocenters. The van der Waals surface area contributed by atoms with Gasteiger partial charge in [0.15, 0.2) is 12.6 Å². The average Bonchev–Trinajstić information content (AvgIpc) is 3.10. The van der Waals surface area contributed by atoms with Gasteiger partial charge < -0.3 is 58.9 Å². The van der Waals surface area contributed by atoms with Gasteiger partial charge in [-0.2, -0.15) is 0 Å². The van der Waals surface area contributed by atoms with Crippen LogP contribution in [-0.4, -0.2) is 147 Å². The molecule has 5 N–H and O–H groups in total. The van der Waals surface area contributed by atoms with Crippen molar-refractivity contribution in [3.05, 3.63) is 0 Å². The maximum Gasteiger partial charge on any atom is 0.311 e. The summed E-state index contributed by atoms with van der Waals surface area (Å²) in [6.45, 7) is 18.4. The minimum absolute atomic E-state index is 0.0907. The predicted molar refractivity (Wildman–Crippen MR) is 200 cm³/mol. The molecule has 14 heteroatoms. The monoisotopic (exact) mass is 776 g/mol. The van der Waals surface area contributed by atoms with Gasteiger partial charge >= 0.3 is 5.97 Å². The fraction of sp³-hybridized carbons (Fsp3) is 0.950. The number of Topliss-reactive ketones (excluding diaryl/α,β-unsaturated/α-hetero) is 1. The first-order chi connectivity index (χ1) is 24.8. The van der Waals surface area contributed by atoms with E-state index >= 15 is 0 Å². The number of rotatable bonds is 9. The molecule has 3 aliphatic rings. The first-order valence-electron chi connectivity index (χ1n) is 19.9. The zero-order valence-corrected chi connectivity index (χ0v) is 35.3. The highest BCUT2D eigenvalue weighted by atomic mass is 16.7. The Kier molecular flexibility index (Phi) is 15.8. The van der Waals surface area contributed by atoms with E-state index in [2.05, 4.69) is 0 Å². The fourth-order valence-electron chi connectivity index (χ4n) is 9.31. The van der Waals surface area contributed by atoms with Gasteiger partial charge in [-0.3, -0.25) is 9.59 Å². The minimum Gasteiger partial charge on any atom is -0.456 e. The van der Waals surface area contributed by atoms with Crippen LogP contribution in [0.25, 0.3) is 0 Å². The van der Waals surface area contributed by atoms with Gasteiger partial charge in [-0.25, -0.2) is 0 Å². The lowest BCUT2D eigenvalue weighted by Crippen LogP contribution is -2.64. The molecule has 18 atom stereocenters. The highest BCUT2D eigenvalue weighted by molar-refractivity contribution is 5.83. The predicted octanol–water partition coefficient (Wildman–Crippen LogP) is 2.96. The second-order valence-electron chi connectivity index (χ2n) is 17.6. The third-order valence-electron chi connectivity index (χ3n) is 13.0. The van der Waals surface area contributed by atoms with Gasteiger partial charge in [0.1, 0.15) is 29.2 Å². The topological polar surface area (TPSA) is 194 Å². The van der Waals surface area contributed by atoms with Gasteiger partial charge in [0.2, 0.25) is 0 Å². The molecular weight excluding hydrogens is 702 g/mol. The van der Waals surface area contributed by atoms with Crippen molar-refractivity contribution in [3.8, 4) is 0 Å². The lowest BCUT2D eigenvalue weighted by atomic mass is 9.69. The van der Waals surface area contributed by atoms with Crippen LogP contribution in [0.2, 0.25) is 0 Å². The zero-order chi connectivity index (χ0) is 41.3. The standard InChI is InChI=1S/C40H73NO13/c1-15-17-40(16-2)39(11,48)32(44)23(5)29(42)21(3)19-37(9,47)34(53-36-30(43)27(41(12)13)18-22(4)50-36)24(6)31(25(7)35(46)54-40)52-28-20-38(10,49-14)33(45)26(8)51-28/h21-28,30-34,36,43-45,47-48H,15-20H2,1-14H3/t21-,22-,23+,24+,25-,26+,27+,28+,30-,31+,32-,33+,34-,36+,37-,38-,39+,40?/m1/s1. The first kappa shape index (κ1) is 47.1. The molecule has 3 fully saturated rings. The van der Waals surface area contributed by atoms with E-state index in [-0.39, 0.29) is 37.8 Å². The van der Waals surface area contributed by atoms with E-state index in [0.29, 0.717) is 12.8 Å². The van der Waals surface area contributed by atoms with Crippen LogP contribution >= 0.6 is 0 Å². The number of ether oxygens (including phenoxy) is 6. The number of nitrogens with zero attached hydrogens (tertiary/aromatic N) is 1. The zero-order valence-electron chi connectivity index (χ0n) is 35.3. The Bertz CT molecular complexity index is 1250. The fourth-order valence-corrected chi connectivity index (χ4v) is 9.31. The van der Waals surface area contributed by atoms with E-state index in [1.165, 1.54) is 27.9 Å². The van der Waals surface area contributed by atoms with Crippen molar-refractivity contribution in [2.75, 3.05) is 21.2 Å². The molecule has 0 spiro atoms. The van der Waals surface area contributed by atoms with Crippen molar-refractivity contribution < 1.29 is 63.5 Å². The quantitative estimate of drug-likeness (QED) is 0.215. The number of carbonyl (C=O) groups is 2. The van der Waals surface area contributed by atoms with Crippen molar-refractivity contribution >= 4 is 11.8 Å². The molecule has 54 heavy (non-hydrogen) atoms. The van der Waals surface area contributed by atoms with Crippen LogP contribution in [0.3, 0.4) is 0 Å². The summed E-state index contributed by atoms with van der Waals surface area (Å²) < 4.78 is 37.8. The number of hydrogen-bond acceptors (Lipinski definition) is 14. The third kappa shape index (κ3) is 9.52. The van der Waals surface area contributed by atoms with E-state index in [1.807, 2.05) is 32.8 Å². The number of cyclic esters (lactones) is 1. The van der Waals surface area contributed by atoms with Crippen LogP contribution in [0, 0.1) is 23.7 Å². The van der Waals surface area contributed by atoms with Crippen molar-refractivity contribution in [2.24, 2.45) is 23.7 Å². The number of carbonyl (C=O) groups excluding carboxylic acids is 2. The second-order valence-corrected chi connectivity index (χ2v) is 17.6. The van der Waals surface area contributed by atoms with E-state index < -0.39 is 107 Å². The molecule has 3 heterocycles. The number of aliphatic hydroxyl groups excluding tert-OH is 3.